The molecule has 0 bridgehead atoms. The maximum absolute atomic E-state index is 12.3. The van der Waals surface area contributed by atoms with Gasteiger partial charge < -0.3 is 5.32 Å². The molecule has 25 heavy (non-hydrogen) atoms. The molecule has 1 unspecified atom stereocenters. The van der Waals surface area contributed by atoms with Crippen LogP contribution in [0, 0.1) is 5.92 Å². The molecule has 0 radical (unpaired) electrons. The molecule has 0 aliphatic carbocycles. The zero-order valence-electron chi connectivity index (χ0n) is 14.1. The molecule has 5 heteroatoms. The van der Waals surface area contributed by atoms with Crippen molar-refractivity contribution in [3.05, 3.63) is 71.8 Å². The lowest BCUT2D eigenvalue weighted by Crippen LogP contribution is -2.30. The summed E-state index contributed by atoms with van der Waals surface area (Å²) in [7, 11) is -2.94. The lowest BCUT2D eigenvalue weighted by molar-refractivity contribution is -0.121. The van der Waals surface area contributed by atoms with Crippen LogP contribution in [0.25, 0.3) is 0 Å². The Kier molecular flexibility index (Phi) is 5.53. The normalized spacial score (nSPS) is 19.0. The molecule has 132 valence electrons. The third-order valence-corrected chi connectivity index (χ3v) is 6.55. The molecule has 0 spiro atoms. The van der Waals surface area contributed by atoms with Crippen LogP contribution in [-0.4, -0.2) is 32.4 Å². The van der Waals surface area contributed by atoms with Gasteiger partial charge >= 0.3 is 0 Å². The highest BCUT2D eigenvalue weighted by Gasteiger charge is 2.29. The number of hydrogen-bond donors (Lipinski definition) is 1. The molecular weight excluding hydrogens is 334 g/mol. The van der Waals surface area contributed by atoms with E-state index in [0.717, 1.165) is 11.1 Å². The topological polar surface area (TPSA) is 63.2 Å². The number of carbonyl (C=O) groups excluding carboxylic acids is 1. The van der Waals surface area contributed by atoms with Gasteiger partial charge in [0.25, 0.3) is 0 Å². The summed E-state index contributed by atoms with van der Waals surface area (Å²) in [5.74, 6) is 0.317. The Morgan fingerprint density at radius 3 is 2.04 bits per heavy atom. The Morgan fingerprint density at radius 2 is 1.56 bits per heavy atom. The smallest absolute Gasteiger partial charge is 0.220 e. The Labute approximate surface area is 149 Å². The number of benzene rings is 2. The van der Waals surface area contributed by atoms with Crippen molar-refractivity contribution < 1.29 is 13.2 Å². The van der Waals surface area contributed by atoms with Gasteiger partial charge in [0.15, 0.2) is 9.84 Å². The average molecular weight is 357 g/mol. The predicted molar refractivity (Wildman–Crippen MR) is 99.1 cm³/mol. The van der Waals surface area contributed by atoms with Crippen molar-refractivity contribution in [3.8, 4) is 0 Å². The van der Waals surface area contributed by atoms with Crippen LogP contribution in [0.2, 0.25) is 0 Å². The number of hydrogen-bond acceptors (Lipinski definition) is 3. The van der Waals surface area contributed by atoms with Gasteiger partial charge in [-0.05, 0) is 23.5 Å². The molecule has 1 saturated heterocycles. The second-order valence-electron chi connectivity index (χ2n) is 6.65. The van der Waals surface area contributed by atoms with Gasteiger partial charge in [0.05, 0.1) is 11.5 Å². The average Bonchev–Trinajstić information content (AvgIpc) is 2.95. The summed E-state index contributed by atoms with van der Waals surface area (Å²) in [6.45, 7) is 0.506. The molecule has 1 heterocycles. The second-order valence-corrected chi connectivity index (χ2v) is 8.88. The fraction of sp³-hybridized carbons (Fsp3) is 0.350. The molecule has 1 N–H and O–H groups in total. The maximum Gasteiger partial charge on any atom is 0.220 e. The van der Waals surface area contributed by atoms with Gasteiger partial charge in [-0.25, -0.2) is 8.42 Å². The number of rotatable bonds is 6. The number of nitrogens with one attached hydrogen (secondary N) is 1. The fourth-order valence-electron chi connectivity index (χ4n) is 3.38. The molecule has 2 aromatic carbocycles. The minimum atomic E-state index is -2.94. The fourth-order valence-corrected chi connectivity index (χ4v) is 5.24. The summed E-state index contributed by atoms with van der Waals surface area (Å²) in [6.07, 6.45) is 0.881. The molecule has 1 aliphatic heterocycles. The molecule has 2 aromatic rings. The molecule has 3 rings (SSSR count). The van der Waals surface area contributed by atoms with Crippen LogP contribution >= 0.6 is 0 Å². The highest BCUT2D eigenvalue weighted by molar-refractivity contribution is 7.91. The molecule has 1 atom stereocenters. The first-order chi connectivity index (χ1) is 12.0. The zero-order chi connectivity index (χ0) is 17.7. The maximum atomic E-state index is 12.3. The van der Waals surface area contributed by atoms with E-state index in [-0.39, 0.29) is 35.7 Å². The van der Waals surface area contributed by atoms with Crippen molar-refractivity contribution in [1.82, 2.24) is 5.32 Å². The SMILES string of the molecule is O=C(CC1CCS(=O)(=O)C1)NCC(c1ccccc1)c1ccccc1. The Bertz CT molecular complexity index is 764. The van der Waals surface area contributed by atoms with E-state index in [1.807, 2.05) is 36.4 Å². The second kappa shape index (κ2) is 7.83. The van der Waals surface area contributed by atoms with E-state index in [1.165, 1.54) is 0 Å². The number of carbonyl (C=O) groups is 1. The van der Waals surface area contributed by atoms with E-state index in [0.29, 0.717) is 13.0 Å². The van der Waals surface area contributed by atoms with Gasteiger partial charge in [0.2, 0.25) is 5.91 Å². The van der Waals surface area contributed by atoms with Crippen LogP contribution in [-0.2, 0) is 14.6 Å². The zero-order valence-corrected chi connectivity index (χ0v) is 14.9. The largest absolute Gasteiger partial charge is 0.355 e. The molecule has 1 amide bonds. The number of sulfone groups is 1. The van der Waals surface area contributed by atoms with E-state index in [4.69, 9.17) is 0 Å². The predicted octanol–water partition coefficient (Wildman–Crippen LogP) is 2.76. The summed E-state index contributed by atoms with van der Waals surface area (Å²) >= 11 is 0. The van der Waals surface area contributed by atoms with Gasteiger partial charge in [-0.3, -0.25) is 4.79 Å². The van der Waals surface area contributed by atoms with Crippen molar-refractivity contribution in [2.75, 3.05) is 18.1 Å². The van der Waals surface area contributed by atoms with Gasteiger partial charge in [0.1, 0.15) is 0 Å². The van der Waals surface area contributed by atoms with E-state index >= 15 is 0 Å². The van der Waals surface area contributed by atoms with Crippen LogP contribution in [0.3, 0.4) is 0 Å². The molecule has 1 fully saturated rings. The van der Waals surface area contributed by atoms with Crippen LogP contribution in [0.15, 0.2) is 60.7 Å². The van der Waals surface area contributed by atoms with Gasteiger partial charge in [-0.1, -0.05) is 60.7 Å². The summed E-state index contributed by atoms with van der Waals surface area (Å²) in [4.78, 5) is 12.3. The first kappa shape index (κ1) is 17.7. The molecular formula is C20H23NO3S. The minimum Gasteiger partial charge on any atom is -0.355 e. The molecule has 4 nitrogen and oxygen atoms in total. The van der Waals surface area contributed by atoms with Crippen LogP contribution < -0.4 is 5.32 Å². The van der Waals surface area contributed by atoms with Crippen molar-refractivity contribution in [3.63, 3.8) is 0 Å². The Balaban J connectivity index is 1.64. The van der Waals surface area contributed by atoms with E-state index in [1.54, 1.807) is 0 Å². The standard InChI is InChI=1S/C20H23NO3S/c22-20(13-16-11-12-25(23,24)15-16)21-14-19(17-7-3-1-4-8-17)18-9-5-2-6-10-18/h1-10,16,19H,11-15H2,(H,21,22). The lowest BCUT2D eigenvalue weighted by atomic mass is 9.91. The van der Waals surface area contributed by atoms with Crippen molar-refractivity contribution in [1.29, 1.82) is 0 Å². The first-order valence-corrected chi connectivity index (χ1v) is 10.4. The minimum absolute atomic E-state index is 0.0445. The van der Waals surface area contributed by atoms with Crippen molar-refractivity contribution in [2.24, 2.45) is 5.92 Å². The third-order valence-electron chi connectivity index (χ3n) is 4.71. The third kappa shape index (κ3) is 4.92. The highest BCUT2D eigenvalue weighted by Crippen LogP contribution is 2.24. The molecule has 1 aliphatic rings. The lowest BCUT2D eigenvalue weighted by Gasteiger charge is -2.19. The monoisotopic (exact) mass is 357 g/mol. The van der Waals surface area contributed by atoms with Crippen LogP contribution in [0.1, 0.15) is 29.9 Å². The van der Waals surface area contributed by atoms with Crippen LogP contribution in [0.5, 0.6) is 0 Å². The highest BCUT2D eigenvalue weighted by atomic mass is 32.2. The van der Waals surface area contributed by atoms with Gasteiger partial charge in [0, 0.05) is 18.9 Å². The summed E-state index contributed by atoms with van der Waals surface area (Å²) in [5.41, 5.74) is 2.30. The van der Waals surface area contributed by atoms with Gasteiger partial charge in [-0.15, -0.1) is 0 Å². The van der Waals surface area contributed by atoms with Crippen molar-refractivity contribution >= 4 is 15.7 Å². The Hall–Kier alpha value is -2.14. The summed E-state index contributed by atoms with van der Waals surface area (Å²) in [6, 6.07) is 20.2. The summed E-state index contributed by atoms with van der Waals surface area (Å²) < 4.78 is 23.1. The molecule has 0 saturated carbocycles. The number of amides is 1. The molecule has 0 aromatic heterocycles. The quantitative estimate of drug-likeness (QED) is 0.865. The first-order valence-electron chi connectivity index (χ1n) is 8.60. The summed E-state index contributed by atoms with van der Waals surface area (Å²) in [5, 5.41) is 3.00. The van der Waals surface area contributed by atoms with E-state index in [9.17, 15) is 13.2 Å². The van der Waals surface area contributed by atoms with E-state index in [2.05, 4.69) is 29.6 Å². The van der Waals surface area contributed by atoms with Crippen molar-refractivity contribution in [2.45, 2.75) is 18.8 Å². The van der Waals surface area contributed by atoms with Crippen LogP contribution in [0.4, 0.5) is 0 Å². The van der Waals surface area contributed by atoms with E-state index < -0.39 is 9.84 Å². The van der Waals surface area contributed by atoms with Gasteiger partial charge in [-0.2, -0.15) is 0 Å². The Morgan fingerprint density at radius 1 is 1.00 bits per heavy atom.